The Kier molecular flexibility index (Phi) is 7.76. The first-order chi connectivity index (χ1) is 15.6. The van der Waals surface area contributed by atoms with Gasteiger partial charge in [-0.05, 0) is 42.3 Å². The molecule has 1 aliphatic heterocycles. The van der Waals surface area contributed by atoms with Gasteiger partial charge in [0, 0.05) is 32.0 Å². The SMILES string of the molecule is CCC(=O)N(C)C[C@@H]1Oc2cc(-c3cccc(F)c3)ccc2S(=O)(=O)N([C@@H](C)CO)C[C@H]1C. The van der Waals surface area contributed by atoms with Crippen molar-refractivity contribution in [1.29, 1.82) is 0 Å². The summed E-state index contributed by atoms with van der Waals surface area (Å²) in [6.45, 7) is 5.37. The van der Waals surface area contributed by atoms with Crippen LogP contribution >= 0.6 is 0 Å². The summed E-state index contributed by atoms with van der Waals surface area (Å²) in [5, 5.41) is 9.72. The maximum atomic E-state index is 13.8. The van der Waals surface area contributed by atoms with E-state index in [4.69, 9.17) is 4.74 Å². The van der Waals surface area contributed by atoms with E-state index in [2.05, 4.69) is 0 Å². The van der Waals surface area contributed by atoms with Gasteiger partial charge in [-0.2, -0.15) is 4.31 Å². The molecule has 3 atom stereocenters. The lowest BCUT2D eigenvalue weighted by atomic mass is 10.0. The molecule has 0 bridgehead atoms. The van der Waals surface area contributed by atoms with Crippen molar-refractivity contribution in [1.82, 2.24) is 9.21 Å². The van der Waals surface area contributed by atoms with Gasteiger partial charge in [0.25, 0.3) is 0 Å². The van der Waals surface area contributed by atoms with E-state index in [-0.39, 0.29) is 42.2 Å². The Hall–Kier alpha value is -2.49. The summed E-state index contributed by atoms with van der Waals surface area (Å²) in [5.74, 6) is -0.579. The zero-order valence-corrected chi connectivity index (χ0v) is 20.2. The number of fused-ring (bicyclic) bond motifs is 1. The molecule has 2 aromatic carbocycles. The Morgan fingerprint density at radius 3 is 2.61 bits per heavy atom. The van der Waals surface area contributed by atoms with Crippen LogP contribution in [0.15, 0.2) is 47.4 Å². The lowest BCUT2D eigenvalue weighted by Gasteiger charge is -2.37. The van der Waals surface area contributed by atoms with Crippen molar-refractivity contribution in [2.24, 2.45) is 5.92 Å². The molecule has 3 rings (SSSR count). The molecule has 0 radical (unpaired) electrons. The van der Waals surface area contributed by atoms with Crippen LogP contribution in [0.1, 0.15) is 27.2 Å². The van der Waals surface area contributed by atoms with E-state index in [9.17, 15) is 22.7 Å². The predicted molar refractivity (Wildman–Crippen MR) is 124 cm³/mol. The minimum atomic E-state index is -3.97. The zero-order valence-electron chi connectivity index (χ0n) is 19.4. The molecular formula is C24H31FN2O5S. The Labute approximate surface area is 194 Å². The van der Waals surface area contributed by atoms with Crippen molar-refractivity contribution < 1.29 is 27.4 Å². The zero-order chi connectivity index (χ0) is 24.3. The van der Waals surface area contributed by atoms with Gasteiger partial charge in [0.1, 0.15) is 22.6 Å². The smallest absolute Gasteiger partial charge is 0.247 e. The van der Waals surface area contributed by atoms with Gasteiger partial charge < -0.3 is 14.7 Å². The first-order valence-electron chi connectivity index (χ1n) is 11.0. The van der Waals surface area contributed by atoms with Crippen molar-refractivity contribution in [2.75, 3.05) is 26.7 Å². The number of aliphatic hydroxyl groups excluding tert-OH is 1. The maximum absolute atomic E-state index is 13.8. The molecule has 180 valence electrons. The van der Waals surface area contributed by atoms with Gasteiger partial charge in [-0.15, -0.1) is 0 Å². The monoisotopic (exact) mass is 478 g/mol. The average Bonchev–Trinajstić information content (AvgIpc) is 2.79. The molecule has 0 unspecified atom stereocenters. The van der Waals surface area contributed by atoms with Crippen LogP contribution in [0.5, 0.6) is 5.75 Å². The molecule has 1 N–H and O–H groups in total. The standard InChI is InChI=1S/C24H31FN2O5S/c1-5-24(29)26(4)14-22-16(2)13-27(17(3)15-28)33(30,31)23-10-9-19(12-21(23)32-22)18-7-6-8-20(25)11-18/h6-12,16-17,22,28H,5,13-15H2,1-4H3/t16-,17+,22+/m1/s1. The van der Waals surface area contributed by atoms with Crippen LogP contribution in [-0.2, 0) is 14.8 Å². The first-order valence-corrected chi connectivity index (χ1v) is 12.5. The van der Waals surface area contributed by atoms with Crippen LogP contribution in [0.3, 0.4) is 0 Å². The van der Waals surface area contributed by atoms with E-state index >= 15 is 0 Å². The molecule has 0 fully saturated rings. The predicted octanol–water partition coefficient (Wildman–Crippen LogP) is 3.13. The average molecular weight is 479 g/mol. The minimum Gasteiger partial charge on any atom is -0.487 e. The second kappa shape index (κ2) is 10.2. The van der Waals surface area contributed by atoms with Crippen molar-refractivity contribution in [3.8, 4) is 16.9 Å². The maximum Gasteiger partial charge on any atom is 0.247 e. The summed E-state index contributed by atoms with van der Waals surface area (Å²) in [7, 11) is -2.28. The molecule has 0 spiro atoms. The lowest BCUT2D eigenvalue weighted by molar-refractivity contribution is -0.131. The number of hydrogen-bond donors (Lipinski definition) is 1. The number of hydrogen-bond acceptors (Lipinski definition) is 5. The molecule has 0 aliphatic carbocycles. The summed E-state index contributed by atoms with van der Waals surface area (Å²) < 4.78 is 48.4. The molecule has 2 aromatic rings. The van der Waals surface area contributed by atoms with Crippen LogP contribution in [0, 0.1) is 11.7 Å². The number of ether oxygens (including phenoxy) is 1. The van der Waals surface area contributed by atoms with Crippen molar-refractivity contribution in [2.45, 2.75) is 44.2 Å². The molecule has 9 heteroatoms. The van der Waals surface area contributed by atoms with Crippen LogP contribution in [0.4, 0.5) is 4.39 Å². The molecule has 0 aromatic heterocycles. The molecule has 7 nitrogen and oxygen atoms in total. The Bertz CT molecular complexity index is 1110. The van der Waals surface area contributed by atoms with E-state index in [1.54, 1.807) is 50.1 Å². The highest BCUT2D eigenvalue weighted by Gasteiger charge is 2.38. The summed E-state index contributed by atoms with van der Waals surface area (Å²) in [4.78, 5) is 13.7. The highest BCUT2D eigenvalue weighted by molar-refractivity contribution is 7.89. The van der Waals surface area contributed by atoms with E-state index in [0.717, 1.165) is 0 Å². The molecule has 0 saturated carbocycles. The van der Waals surface area contributed by atoms with Crippen LogP contribution < -0.4 is 4.74 Å². The number of amides is 1. The van der Waals surface area contributed by atoms with Crippen molar-refractivity contribution in [3.63, 3.8) is 0 Å². The van der Waals surface area contributed by atoms with Gasteiger partial charge >= 0.3 is 0 Å². The number of aliphatic hydroxyl groups is 1. The highest BCUT2D eigenvalue weighted by Crippen LogP contribution is 2.36. The third kappa shape index (κ3) is 5.37. The van der Waals surface area contributed by atoms with Crippen LogP contribution in [-0.4, -0.2) is 67.5 Å². The van der Waals surface area contributed by atoms with Gasteiger partial charge in [-0.25, -0.2) is 12.8 Å². The number of carbonyl (C=O) groups is 1. The summed E-state index contributed by atoms with van der Waals surface area (Å²) in [6.07, 6.45) is -0.143. The second-order valence-electron chi connectivity index (χ2n) is 8.54. The van der Waals surface area contributed by atoms with E-state index in [1.165, 1.54) is 22.5 Å². The van der Waals surface area contributed by atoms with Crippen molar-refractivity contribution >= 4 is 15.9 Å². The molecule has 0 saturated heterocycles. The Morgan fingerprint density at radius 1 is 1.27 bits per heavy atom. The lowest BCUT2D eigenvalue weighted by Crippen LogP contribution is -2.50. The number of nitrogens with zero attached hydrogens (tertiary/aromatic N) is 2. The fraction of sp³-hybridized carbons (Fsp3) is 0.458. The topological polar surface area (TPSA) is 87.2 Å². The van der Waals surface area contributed by atoms with Crippen LogP contribution in [0.25, 0.3) is 11.1 Å². The van der Waals surface area contributed by atoms with Gasteiger partial charge in [0.05, 0.1) is 13.2 Å². The summed E-state index contributed by atoms with van der Waals surface area (Å²) in [5.41, 5.74) is 1.19. The fourth-order valence-electron chi connectivity index (χ4n) is 3.93. The number of halogens is 1. The van der Waals surface area contributed by atoms with E-state index in [0.29, 0.717) is 17.5 Å². The Balaban J connectivity index is 2.12. The molecule has 33 heavy (non-hydrogen) atoms. The van der Waals surface area contributed by atoms with Crippen LogP contribution in [0.2, 0.25) is 0 Å². The fourth-order valence-corrected chi connectivity index (χ4v) is 5.76. The first kappa shape index (κ1) is 25.1. The number of likely N-dealkylation sites (N-methyl/N-ethyl adjacent to an activating group) is 1. The molecular weight excluding hydrogens is 447 g/mol. The van der Waals surface area contributed by atoms with E-state index < -0.39 is 28.0 Å². The second-order valence-corrected chi connectivity index (χ2v) is 10.4. The molecule has 1 amide bonds. The third-order valence-electron chi connectivity index (χ3n) is 6.01. The van der Waals surface area contributed by atoms with E-state index in [1.807, 2.05) is 6.92 Å². The van der Waals surface area contributed by atoms with Gasteiger partial charge in [0.2, 0.25) is 15.9 Å². The summed E-state index contributed by atoms with van der Waals surface area (Å²) in [6, 6.07) is 10.0. The number of benzene rings is 2. The van der Waals surface area contributed by atoms with Gasteiger partial charge in [-0.1, -0.05) is 32.0 Å². The number of rotatable bonds is 6. The minimum absolute atomic E-state index is 0.0238. The van der Waals surface area contributed by atoms with Gasteiger partial charge in [0.15, 0.2) is 0 Å². The van der Waals surface area contributed by atoms with Crippen molar-refractivity contribution in [3.05, 3.63) is 48.3 Å². The number of carbonyl (C=O) groups excluding carboxylic acids is 1. The quantitative estimate of drug-likeness (QED) is 0.689. The summed E-state index contributed by atoms with van der Waals surface area (Å²) >= 11 is 0. The number of sulfonamides is 1. The molecule has 1 aliphatic rings. The largest absolute Gasteiger partial charge is 0.487 e. The third-order valence-corrected chi connectivity index (χ3v) is 8.03. The molecule has 1 heterocycles. The highest BCUT2D eigenvalue weighted by atomic mass is 32.2. The normalized spacial score (nSPS) is 21.3. The Morgan fingerprint density at radius 2 is 1.97 bits per heavy atom. The van der Waals surface area contributed by atoms with Gasteiger partial charge in [-0.3, -0.25) is 4.79 Å².